The lowest BCUT2D eigenvalue weighted by molar-refractivity contribution is 0.0714. The number of carbonyl (C=O) groups excluding carboxylic acids is 2. The van der Waals surface area contributed by atoms with Crippen LogP contribution in [0.4, 0.5) is 4.39 Å². The molecule has 1 saturated heterocycles. The first-order valence-corrected chi connectivity index (χ1v) is 8.79. The molecule has 138 valence electrons. The number of furan rings is 1. The Kier molecular flexibility index (Phi) is 5.11. The summed E-state index contributed by atoms with van der Waals surface area (Å²) in [6.07, 6.45) is 0.654. The van der Waals surface area contributed by atoms with Crippen LogP contribution in [0.25, 0.3) is 0 Å². The van der Waals surface area contributed by atoms with E-state index in [1.807, 2.05) is 13.8 Å². The minimum absolute atomic E-state index is 0.0722. The van der Waals surface area contributed by atoms with Crippen LogP contribution in [0, 0.1) is 26.6 Å². The summed E-state index contributed by atoms with van der Waals surface area (Å²) in [6.45, 7) is 7.37. The van der Waals surface area contributed by atoms with E-state index in [1.54, 1.807) is 28.9 Å². The highest BCUT2D eigenvalue weighted by atomic mass is 19.1. The average molecular weight is 358 g/mol. The third-order valence-corrected chi connectivity index (χ3v) is 4.95. The van der Waals surface area contributed by atoms with Crippen LogP contribution in [0.3, 0.4) is 0 Å². The van der Waals surface area contributed by atoms with Crippen molar-refractivity contribution in [3.05, 3.63) is 58.3 Å². The first kappa shape index (κ1) is 18.2. The molecule has 0 saturated carbocycles. The standard InChI is InChI=1S/C20H23FN2O3/c1-13-14(2)26-15(3)18(13)20(25)23-10-6-9-22(11-12-23)19(24)16-7-4-5-8-17(16)21/h4-5,7-8H,6,9-12H2,1-3H3. The van der Waals surface area contributed by atoms with E-state index in [9.17, 15) is 14.0 Å². The van der Waals surface area contributed by atoms with Gasteiger partial charge in [0.15, 0.2) is 0 Å². The van der Waals surface area contributed by atoms with Crippen molar-refractivity contribution in [1.29, 1.82) is 0 Å². The van der Waals surface area contributed by atoms with Crippen LogP contribution in [0.15, 0.2) is 28.7 Å². The number of halogens is 1. The summed E-state index contributed by atoms with van der Waals surface area (Å²) in [7, 11) is 0. The molecule has 26 heavy (non-hydrogen) atoms. The van der Waals surface area contributed by atoms with Crippen LogP contribution < -0.4 is 0 Å². The van der Waals surface area contributed by atoms with E-state index in [0.717, 1.165) is 11.3 Å². The third-order valence-electron chi connectivity index (χ3n) is 4.95. The van der Waals surface area contributed by atoms with Crippen LogP contribution in [-0.2, 0) is 0 Å². The second-order valence-corrected chi connectivity index (χ2v) is 6.63. The van der Waals surface area contributed by atoms with E-state index in [1.165, 1.54) is 12.1 Å². The first-order chi connectivity index (χ1) is 12.4. The van der Waals surface area contributed by atoms with Gasteiger partial charge in [-0.3, -0.25) is 9.59 Å². The Balaban J connectivity index is 1.73. The number of nitrogens with zero attached hydrogens (tertiary/aromatic N) is 2. The Hall–Kier alpha value is -2.63. The molecule has 2 heterocycles. The lowest BCUT2D eigenvalue weighted by atomic mass is 10.1. The summed E-state index contributed by atoms with van der Waals surface area (Å²) in [5, 5.41) is 0. The molecule has 1 aromatic carbocycles. The zero-order valence-corrected chi connectivity index (χ0v) is 15.3. The normalized spacial score (nSPS) is 15.1. The maximum absolute atomic E-state index is 13.9. The third kappa shape index (κ3) is 3.36. The maximum Gasteiger partial charge on any atom is 0.257 e. The first-order valence-electron chi connectivity index (χ1n) is 8.79. The molecule has 6 heteroatoms. The smallest absolute Gasteiger partial charge is 0.257 e. The highest BCUT2D eigenvalue weighted by Crippen LogP contribution is 2.23. The number of hydrogen-bond donors (Lipinski definition) is 0. The van der Waals surface area contributed by atoms with Crippen molar-refractivity contribution in [1.82, 2.24) is 9.80 Å². The quantitative estimate of drug-likeness (QED) is 0.827. The van der Waals surface area contributed by atoms with Crippen LogP contribution in [-0.4, -0.2) is 47.8 Å². The van der Waals surface area contributed by atoms with Gasteiger partial charge < -0.3 is 14.2 Å². The summed E-state index contributed by atoms with van der Waals surface area (Å²) in [6, 6.07) is 5.99. The van der Waals surface area contributed by atoms with Gasteiger partial charge in [0, 0.05) is 31.7 Å². The van der Waals surface area contributed by atoms with E-state index in [-0.39, 0.29) is 17.4 Å². The maximum atomic E-state index is 13.9. The van der Waals surface area contributed by atoms with Crippen LogP contribution in [0.1, 0.15) is 44.2 Å². The average Bonchev–Trinajstić information content (AvgIpc) is 2.80. The molecule has 2 amide bonds. The molecule has 3 rings (SSSR count). The number of amides is 2. The number of carbonyl (C=O) groups is 2. The van der Waals surface area contributed by atoms with E-state index >= 15 is 0 Å². The molecule has 1 fully saturated rings. The highest BCUT2D eigenvalue weighted by molar-refractivity contribution is 5.97. The molecular weight excluding hydrogens is 335 g/mol. The second kappa shape index (κ2) is 7.32. The fourth-order valence-electron chi connectivity index (χ4n) is 3.40. The molecule has 1 aliphatic rings. The van der Waals surface area contributed by atoms with Gasteiger partial charge in [0.05, 0.1) is 11.1 Å². The van der Waals surface area contributed by atoms with Gasteiger partial charge in [-0.2, -0.15) is 0 Å². The van der Waals surface area contributed by atoms with Crippen molar-refractivity contribution < 1.29 is 18.4 Å². The van der Waals surface area contributed by atoms with Crippen molar-refractivity contribution in [2.45, 2.75) is 27.2 Å². The lowest BCUT2D eigenvalue weighted by Gasteiger charge is -2.22. The topological polar surface area (TPSA) is 53.8 Å². The second-order valence-electron chi connectivity index (χ2n) is 6.63. The molecule has 0 unspecified atom stereocenters. The van der Waals surface area contributed by atoms with Gasteiger partial charge >= 0.3 is 0 Å². The monoisotopic (exact) mass is 358 g/mol. The predicted octanol–water partition coefficient (Wildman–Crippen LogP) is 3.33. The molecular formula is C20H23FN2O3. The van der Waals surface area contributed by atoms with Gasteiger partial charge in [0.2, 0.25) is 0 Å². The Morgan fingerprint density at radius 2 is 1.54 bits per heavy atom. The fourth-order valence-corrected chi connectivity index (χ4v) is 3.40. The van der Waals surface area contributed by atoms with Crippen molar-refractivity contribution in [3.63, 3.8) is 0 Å². The van der Waals surface area contributed by atoms with Crippen molar-refractivity contribution >= 4 is 11.8 Å². The zero-order valence-electron chi connectivity index (χ0n) is 15.3. The molecule has 1 aromatic heterocycles. The summed E-state index contributed by atoms with van der Waals surface area (Å²) in [5.41, 5.74) is 1.54. The van der Waals surface area contributed by atoms with Crippen molar-refractivity contribution in [2.75, 3.05) is 26.2 Å². The van der Waals surface area contributed by atoms with E-state index in [2.05, 4.69) is 0 Å². The Bertz CT molecular complexity index is 844. The summed E-state index contributed by atoms with van der Waals surface area (Å²) in [5.74, 6) is 0.446. The molecule has 0 N–H and O–H groups in total. The fraction of sp³-hybridized carbons (Fsp3) is 0.400. The molecule has 2 aromatic rings. The predicted molar refractivity (Wildman–Crippen MR) is 95.7 cm³/mol. The van der Waals surface area contributed by atoms with Crippen molar-refractivity contribution in [3.8, 4) is 0 Å². The van der Waals surface area contributed by atoms with Gasteiger partial charge in [-0.1, -0.05) is 12.1 Å². The van der Waals surface area contributed by atoms with Crippen LogP contribution in [0.5, 0.6) is 0 Å². The molecule has 0 spiro atoms. The van der Waals surface area contributed by atoms with Crippen LogP contribution >= 0.6 is 0 Å². The largest absolute Gasteiger partial charge is 0.466 e. The van der Waals surface area contributed by atoms with Gasteiger partial charge in [-0.25, -0.2) is 4.39 Å². The van der Waals surface area contributed by atoms with E-state index < -0.39 is 5.82 Å². The Morgan fingerprint density at radius 3 is 2.12 bits per heavy atom. The number of aryl methyl sites for hydroxylation is 2. The zero-order chi connectivity index (χ0) is 18.8. The van der Waals surface area contributed by atoms with Gasteiger partial charge in [-0.05, 0) is 39.3 Å². The summed E-state index contributed by atoms with van der Waals surface area (Å²) in [4.78, 5) is 28.9. The number of benzene rings is 1. The van der Waals surface area contributed by atoms with Gasteiger partial charge in [0.25, 0.3) is 11.8 Å². The van der Waals surface area contributed by atoms with Gasteiger partial charge in [-0.15, -0.1) is 0 Å². The van der Waals surface area contributed by atoms with Gasteiger partial charge in [0.1, 0.15) is 17.3 Å². The summed E-state index contributed by atoms with van der Waals surface area (Å²) < 4.78 is 19.5. The minimum atomic E-state index is -0.519. The van der Waals surface area contributed by atoms with Crippen LogP contribution in [0.2, 0.25) is 0 Å². The Morgan fingerprint density at radius 1 is 0.923 bits per heavy atom. The highest BCUT2D eigenvalue weighted by Gasteiger charge is 2.27. The number of rotatable bonds is 2. The Labute approximate surface area is 152 Å². The molecule has 1 aliphatic heterocycles. The molecule has 0 aliphatic carbocycles. The van der Waals surface area contributed by atoms with E-state index in [0.29, 0.717) is 43.9 Å². The van der Waals surface area contributed by atoms with Crippen molar-refractivity contribution in [2.24, 2.45) is 0 Å². The molecule has 0 radical (unpaired) electrons. The molecule has 0 bridgehead atoms. The summed E-state index contributed by atoms with van der Waals surface area (Å²) >= 11 is 0. The SMILES string of the molecule is Cc1oc(C)c(C(=O)N2CCCN(C(=O)c3ccccc3F)CC2)c1C. The lowest BCUT2D eigenvalue weighted by Crippen LogP contribution is -2.37. The number of hydrogen-bond acceptors (Lipinski definition) is 3. The van der Waals surface area contributed by atoms with E-state index in [4.69, 9.17) is 4.42 Å². The minimum Gasteiger partial charge on any atom is -0.466 e. The molecule has 0 atom stereocenters. The molecule has 5 nitrogen and oxygen atoms in total.